The number of nitrogens with two attached hydrogens (primary N) is 1. The second-order valence-electron chi connectivity index (χ2n) is 7.23. The van der Waals surface area contributed by atoms with E-state index >= 15 is 0 Å². The third kappa shape index (κ3) is 3.28. The molecule has 32 heavy (non-hydrogen) atoms. The fraction of sp³-hybridized carbons (Fsp3) is 0. The lowest BCUT2D eigenvalue weighted by atomic mass is 9.91. The smallest absolute Gasteiger partial charge is 0.335 e. The first-order chi connectivity index (χ1) is 15.5. The number of carboxylic acids is 1. The van der Waals surface area contributed by atoms with Crippen molar-refractivity contribution in [2.45, 2.75) is 0 Å². The average molecular weight is 417 g/mol. The molecular weight excluding hydrogens is 401 g/mol. The predicted octanol–water partition coefficient (Wildman–Crippen LogP) is 3.20. The van der Waals surface area contributed by atoms with E-state index in [4.69, 9.17) is 23.7 Å². The van der Waals surface area contributed by atoms with Crippen LogP contribution in [-0.4, -0.2) is 38.5 Å². The quantitative estimate of drug-likeness (QED) is 0.435. The third-order valence-electron chi connectivity index (χ3n) is 5.27. The first-order valence-electron chi connectivity index (χ1n) is 9.81. The van der Waals surface area contributed by atoms with Crippen LogP contribution in [0, 0.1) is 0 Å². The zero-order valence-electron chi connectivity index (χ0n) is 16.8. The standard InChI is InChI=1S/C24H16BN5O2/c25-20-21(15-6-8-16(9-7-15)24(31)32)29-23-18(13-28-30(23)22(20)26)17-10-11-19(27-12-17)14-4-2-1-3-5-14/h1-13H,26H2,(H,31,32). The van der Waals surface area contributed by atoms with Gasteiger partial charge in [-0.2, -0.15) is 9.61 Å². The Balaban J connectivity index is 1.60. The van der Waals surface area contributed by atoms with Crippen LogP contribution in [0.25, 0.3) is 39.3 Å². The summed E-state index contributed by atoms with van der Waals surface area (Å²) < 4.78 is 1.49. The van der Waals surface area contributed by atoms with E-state index in [1.54, 1.807) is 24.5 Å². The van der Waals surface area contributed by atoms with Gasteiger partial charge in [-0.25, -0.2) is 9.78 Å². The summed E-state index contributed by atoms with van der Waals surface area (Å²) in [5.74, 6) is -0.746. The van der Waals surface area contributed by atoms with E-state index in [-0.39, 0.29) is 16.8 Å². The first-order valence-corrected chi connectivity index (χ1v) is 9.81. The van der Waals surface area contributed by atoms with E-state index in [9.17, 15) is 4.79 Å². The summed E-state index contributed by atoms with van der Waals surface area (Å²) in [6.45, 7) is 0. The van der Waals surface area contributed by atoms with Gasteiger partial charge in [-0.05, 0) is 29.2 Å². The second-order valence-corrected chi connectivity index (χ2v) is 7.23. The summed E-state index contributed by atoms with van der Waals surface area (Å²) in [4.78, 5) is 20.4. The van der Waals surface area contributed by atoms with Crippen LogP contribution < -0.4 is 11.2 Å². The molecule has 0 spiro atoms. The Kier molecular flexibility index (Phi) is 4.67. The van der Waals surface area contributed by atoms with Crippen LogP contribution in [0.4, 0.5) is 5.82 Å². The topological polar surface area (TPSA) is 106 Å². The average Bonchev–Trinajstić information content (AvgIpc) is 3.26. The van der Waals surface area contributed by atoms with E-state index in [1.807, 2.05) is 42.5 Å². The van der Waals surface area contributed by atoms with Gasteiger partial charge < -0.3 is 10.8 Å². The highest BCUT2D eigenvalue weighted by molar-refractivity contribution is 6.38. The Bertz CT molecular complexity index is 1450. The van der Waals surface area contributed by atoms with Gasteiger partial charge in [0.05, 0.1) is 23.1 Å². The van der Waals surface area contributed by atoms with Gasteiger partial charge in [0.15, 0.2) is 5.65 Å². The Morgan fingerprint density at radius 2 is 1.62 bits per heavy atom. The van der Waals surface area contributed by atoms with Crippen LogP contribution >= 0.6 is 0 Å². The number of nitrogen functional groups attached to an aromatic ring is 1. The van der Waals surface area contributed by atoms with Crippen molar-refractivity contribution < 1.29 is 9.90 Å². The van der Waals surface area contributed by atoms with Crippen LogP contribution in [-0.2, 0) is 0 Å². The van der Waals surface area contributed by atoms with Gasteiger partial charge >= 0.3 is 5.97 Å². The van der Waals surface area contributed by atoms with Gasteiger partial charge in [-0.15, -0.1) is 0 Å². The Morgan fingerprint density at radius 1 is 0.906 bits per heavy atom. The lowest BCUT2D eigenvalue weighted by molar-refractivity contribution is 0.0697. The molecular formula is C24H16BN5O2. The third-order valence-corrected chi connectivity index (χ3v) is 5.27. The van der Waals surface area contributed by atoms with Crippen LogP contribution in [0.5, 0.6) is 0 Å². The lowest BCUT2D eigenvalue weighted by Crippen LogP contribution is -2.20. The maximum atomic E-state index is 11.1. The summed E-state index contributed by atoms with van der Waals surface area (Å²) in [5.41, 5.74) is 11.8. The summed E-state index contributed by atoms with van der Waals surface area (Å²) in [6.07, 6.45) is 3.45. The fourth-order valence-electron chi connectivity index (χ4n) is 3.55. The van der Waals surface area contributed by atoms with Crippen LogP contribution in [0.3, 0.4) is 0 Å². The highest BCUT2D eigenvalue weighted by Gasteiger charge is 2.16. The molecule has 7 nitrogen and oxygen atoms in total. The van der Waals surface area contributed by atoms with Crippen molar-refractivity contribution in [3.63, 3.8) is 0 Å². The predicted molar refractivity (Wildman–Crippen MR) is 124 cm³/mol. The van der Waals surface area contributed by atoms with Gasteiger partial charge in [0.25, 0.3) is 0 Å². The zero-order chi connectivity index (χ0) is 22.2. The summed E-state index contributed by atoms with van der Waals surface area (Å²) in [5, 5.41) is 13.5. The number of hydrogen-bond acceptors (Lipinski definition) is 5. The van der Waals surface area contributed by atoms with Gasteiger partial charge in [0, 0.05) is 22.9 Å². The fourth-order valence-corrected chi connectivity index (χ4v) is 3.55. The zero-order valence-corrected chi connectivity index (χ0v) is 16.8. The van der Waals surface area contributed by atoms with Gasteiger partial charge in [-0.3, -0.25) is 4.98 Å². The molecule has 0 aliphatic heterocycles. The van der Waals surface area contributed by atoms with Gasteiger partial charge in [-0.1, -0.05) is 48.5 Å². The van der Waals surface area contributed by atoms with Crippen molar-refractivity contribution in [1.82, 2.24) is 19.6 Å². The Hall–Kier alpha value is -4.46. The number of aromatic carboxylic acids is 1. The number of anilines is 1. The van der Waals surface area contributed by atoms with E-state index in [0.717, 1.165) is 22.4 Å². The summed E-state index contributed by atoms with van der Waals surface area (Å²) in [7, 11) is 6.23. The molecule has 2 aromatic carbocycles. The molecule has 8 heteroatoms. The molecule has 0 aliphatic rings. The van der Waals surface area contributed by atoms with E-state index in [0.29, 0.717) is 16.9 Å². The van der Waals surface area contributed by atoms with Crippen molar-refractivity contribution in [2.75, 3.05) is 5.73 Å². The lowest BCUT2D eigenvalue weighted by Gasteiger charge is -2.11. The van der Waals surface area contributed by atoms with E-state index in [1.165, 1.54) is 16.6 Å². The minimum atomic E-state index is -1.00. The highest BCUT2D eigenvalue weighted by atomic mass is 16.4. The van der Waals surface area contributed by atoms with E-state index in [2.05, 4.69) is 10.1 Å². The maximum Gasteiger partial charge on any atom is 0.335 e. The van der Waals surface area contributed by atoms with Crippen LogP contribution in [0.1, 0.15) is 10.4 Å². The molecule has 2 radical (unpaired) electrons. The van der Waals surface area contributed by atoms with E-state index < -0.39 is 5.97 Å². The largest absolute Gasteiger partial charge is 0.478 e. The van der Waals surface area contributed by atoms with Crippen molar-refractivity contribution >= 4 is 30.7 Å². The molecule has 0 atom stereocenters. The minimum absolute atomic E-state index is 0.177. The molecule has 3 heterocycles. The monoisotopic (exact) mass is 417 g/mol. The molecule has 0 aliphatic carbocycles. The molecule has 5 rings (SSSR count). The maximum absolute atomic E-state index is 11.1. The van der Waals surface area contributed by atoms with Crippen LogP contribution in [0.2, 0.25) is 0 Å². The number of rotatable bonds is 4. The number of hydrogen-bond donors (Lipinski definition) is 2. The van der Waals surface area contributed by atoms with Crippen molar-refractivity contribution in [3.05, 3.63) is 84.7 Å². The SMILES string of the molecule is [B]c1c(-c2ccc(C(=O)O)cc2)nc2c(-c3ccc(-c4ccccc4)nc3)cnn2c1N. The second kappa shape index (κ2) is 7.66. The summed E-state index contributed by atoms with van der Waals surface area (Å²) in [6, 6.07) is 20.1. The molecule has 0 unspecified atom stereocenters. The number of fused-ring (bicyclic) bond motifs is 1. The first kappa shape index (κ1) is 19.5. The molecule has 3 aromatic heterocycles. The highest BCUT2D eigenvalue weighted by Crippen LogP contribution is 2.28. The molecule has 152 valence electrons. The molecule has 0 fully saturated rings. The normalized spacial score (nSPS) is 11.0. The molecule has 0 bridgehead atoms. The van der Waals surface area contributed by atoms with Crippen molar-refractivity contribution in [1.29, 1.82) is 0 Å². The molecule has 3 N–H and O–H groups in total. The molecule has 5 aromatic rings. The minimum Gasteiger partial charge on any atom is -0.478 e. The Labute approximate surface area is 184 Å². The Morgan fingerprint density at radius 3 is 2.28 bits per heavy atom. The number of aromatic nitrogens is 4. The summed E-state index contributed by atoms with van der Waals surface area (Å²) >= 11 is 0. The number of carboxylic acid groups (broad SMARTS) is 1. The number of benzene rings is 2. The number of pyridine rings is 1. The van der Waals surface area contributed by atoms with Gasteiger partial charge in [0.1, 0.15) is 13.7 Å². The molecule has 0 amide bonds. The van der Waals surface area contributed by atoms with Crippen molar-refractivity contribution in [3.8, 4) is 33.6 Å². The number of nitrogens with zero attached hydrogens (tertiary/aromatic N) is 4. The van der Waals surface area contributed by atoms with Crippen LogP contribution in [0.15, 0.2) is 79.1 Å². The number of carbonyl (C=O) groups is 1. The molecule has 0 saturated heterocycles. The van der Waals surface area contributed by atoms with Gasteiger partial charge in [0.2, 0.25) is 0 Å². The molecule has 0 saturated carbocycles. The van der Waals surface area contributed by atoms with Crippen molar-refractivity contribution in [2.24, 2.45) is 0 Å².